The first-order valence-electron chi connectivity index (χ1n) is 4.10. The van der Waals surface area contributed by atoms with E-state index in [0.717, 1.165) is 0 Å². The molecule has 90 valence electrons. The molecular weight excluding hydrogens is 235 g/mol. The smallest absolute Gasteiger partial charge is 0.392 e. The molecule has 1 aromatic rings. The van der Waals surface area contributed by atoms with Crippen molar-refractivity contribution in [3.63, 3.8) is 0 Å². The molecule has 0 bridgehead atoms. The maximum absolute atomic E-state index is 12.9. The van der Waals surface area contributed by atoms with Crippen molar-refractivity contribution in [1.82, 2.24) is 4.98 Å². The second-order valence-corrected chi connectivity index (χ2v) is 2.86. The third-order valence-electron chi connectivity index (χ3n) is 1.55. The predicted molar refractivity (Wildman–Crippen MR) is 44.7 cm³/mol. The Morgan fingerprint density at radius 3 is 2.44 bits per heavy atom. The van der Waals surface area contributed by atoms with E-state index in [-0.39, 0.29) is 0 Å². The van der Waals surface area contributed by atoms with Gasteiger partial charge < -0.3 is 10.5 Å². The number of hydrogen-bond donors (Lipinski definition) is 1. The second-order valence-electron chi connectivity index (χ2n) is 2.86. The summed E-state index contributed by atoms with van der Waals surface area (Å²) >= 11 is 0. The molecule has 0 saturated heterocycles. The Bertz CT molecular complexity index is 379. The van der Waals surface area contributed by atoms with Crippen molar-refractivity contribution >= 4 is 5.82 Å². The van der Waals surface area contributed by atoms with Crippen molar-refractivity contribution in [3.8, 4) is 5.88 Å². The molecule has 3 nitrogen and oxygen atoms in total. The lowest BCUT2D eigenvalue weighted by Gasteiger charge is -2.09. The van der Waals surface area contributed by atoms with E-state index in [0.29, 0.717) is 6.07 Å². The van der Waals surface area contributed by atoms with Crippen LogP contribution in [0, 0.1) is 11.6 Å². The number of rotatable bonds is 3. The highest BCUT2D eigenvalue weighted by atomic mass is 19.4. The number of pyridine rings is 1. The number of aromatic nitrogens is 1. The molecule has 0 spiro atoms. The molecule has 0 fully saturated rings. The first-order valence-corrected chi connectivity index (χ1v) is 4.10. The Morgan fingerprint density at radius 1 is 1.25 bits per heavy atom. The monoisotopic (exact) mass is 242 g/mol. The van der Waals surface area contributed by atoms with Crippen LogP contribution >= 0.6 is 0 Å². The van der Waals surface area contributed by atoms with Crippen molar-refractivity contribution in [1.29, 1.82) is 0 Å². The summed E-state index contributed by atoms with van der Waals surface area (Å²) < 4.78 is 65.1. The lowest BCUT2D eigenvalue weighted by molar-refractivity contribution is -0.139. The van der Waals surface area contributed by atoms with Gasteiger partial charge in [0.25, 0.3) is 5.88 Å². The fourth-order valence-electron chi connectivity index (χ4n) is 0.828. The molecule has 0 aromatic carbocycles. The van der Waals surface area contributed by atoms with E-state index >= 15 is 0 Å². The zero-order valence-corrected chi connectivity index (χ0v) is 7.81. The average molecular weight is 242 g/mol. The molecule has 1 rings (SSSR count). The minimum Gasteiger partial charge on any atom is -0.475 e. The van der Waals surface area contributed by atoms with Crippen LogP contribution in [0.5, 0.6) is 5.88 Å². The molecule has 2 N–H and O–H groups in total. The lowest BCUT2D eigenvalue weighted by Crippen LogP contribution is -2.14. The second kappa shape index (κ2) is 4.50. The van der Waals surface area contributed by atoms with Crippen LogP contribution in [0.4, 0.5) is 27.8 Å². The summed E-state index contributed by atoms with van der Waals surface area (Å²) in [5, 5.41) is 0. The van der Waals surface area contributed by atoms with Crippen molar-refractivity contribution in [2.45, 2.75) is 12.6 Å². The molecule has 1 heterocycles. The first-order chi connectivity index (χ1) is 7.29. The van der Waals surface area contributed by atoms with Gasteiger partial charge in [0.15, 0.2) is 17.5 Å². The zero-order chi connectivity index (χ0) is 12.3. The lowest BCUT2D eigenvalue weighted by atomic mass is 10.4. The van der Waals surface area contributed by atoms with Crippen molar-refractivity contribution < 1.29 is 26.7 Å². The highest BCUT2D eigenvalue weighted by Gasteiger charge is 2.27. The quantitative estimate of drug-likeness (QED) is 0.827. The molecule has 0 saturated carbocycles. The van der Waals surface area contributed by atoms with Gasteiger partial charge in [-0.05, 0) is 0 Å². The number of ether oxygens (including phenoxy) is 1. The SMILES string of the molecule is Nc1nc(OCCC(F)(F)F)c(F)cc1F. The van der Waals surface area contributed by atoms with E-state index < -0.39 is 42.5 Å². The van der Waals surface area contributed by atoms with E-state index in [2.05, 4.69) is 9.72 Å². The Hall–Kier alpha value is -1.60. The van der Waals surface area contributed by atoms with E-state index in [9.17, 15) is 22.0 Å². The molecule has 0 aliphatic heterocycles. The summed E-state index contributed by atoms with van der Waals surface area (Å²) in [5.74, 6) is -3.68. The van der Waals surface area contributed by atoms with Crippen molar-refractivity contribution in [2.24, 2.45) is 0 Å². The molecule has 0 unspecified atom stereocenters. The van der Waals surface area contributed by atoms with E-state index in [1.165, 1.54) is 0 Å². The van der Waals surface area contributed by atoms with Gasteiger partial charge in [-0.2, -0.15) is 18.2 Å². The fraction of sp³-hybridized carbons (Fsp3) is 0.375. The summed E-state index contributed by atoms with van der Waals surface area (Å²) in [6.45, 7) is -0.807. The molecule has 0 aliphatic rings. The topological polar surface area (TPSA) is 48.1 Å². The van der Waals surface area contributed by atoms with Crippen LogP contribution in [0.2, 0.25) is 0 Å². The minimum absolute atomic E-state index is 0.394. The number of nitrogen functional groups attached to an aromatic ring is 1. The highest BCUT2D eigenvalue weighted by molar-refractivity contribution is 5.34. The Balaban J connectivity index is 2.64. The van der Waals surface area contributed by atoms with Crippen molar-refractivity contribution in [3.05, 3.63) is 17.7 Å². The largest absolute Gasteiger partial charge is 0.475 e. The van der Waals surface area contributed by atoms with Gasteiger partial charge in [0.2, 0.25) is 0 Å². The van der Waals surface area contributed by atoms with Crippen LogP contribution in [-0.4, -0.2) is 17.8 Å². The summed E-state index contributed by atoms with van der Waals surface area (Å²) in [6, 6.07) is 0.394. The molecule has 0 aliphatic carbocycles. The van der Waals surface area contributed by atoms with Gasteiger partial charge in [0.1, 0.15) is 0 Å². The number of hydrogen-bond acceptors (Lipinski definition) is 3. The van der Waals surface area contributed by atoms with Gasteiger partial charge >= 0.3 is 6.18 Å². The van der Waals surface area contributed by atoms with Crippen LogP contribution in [0.15, 0.2) is 6.07 Å². The minimum atomic E-state index is -4.41. The average Bonchev–Trinajstić information content (AvgIpc) is 2.11. The van der Waals surface area contributed by atoms with Crippen LogP contribution in [-0.2, 0) is 0 Å². The number of halogens is 5. The summed E-state index contributed by atoms with van der Waals surface area (Å²) in [4.78, 5) is 3.13. The van der Waals surface area contributed by atoms with Gasteiger partial charge in [-0.25, -0.2) is 8.78 Å². The van der Waals surface area contributed by atoms with Gasteiger partial charge in [-0.1, -0.05) is 0 Å². The van der Waals surface area contributed by atoms with Crippen molar-refractivity contribution in [2.75, 3.05) is 12.3 Å². The summed E-state index contributed by atoms with van der Waals surface area (Å²) in [5.41, 5.74) is 4.99. The molecule has 16 heavy (non-hydrogen) atoms. The van der Waals surface area contributed by atoms with Crippen LogP contribution in [0.1, 0.15) is 6.42 Å². The maximum Gasteiger partial charge on any atom is 0.392 e. The molecule has 0 radical (unpaired) electrons. The predicted octanol–water partition coefficient (Wildman–Crippen LogP) is 2.27. The normalized spacial score (nSPS) is 11.6. The zero-order valence-electron chi connectivity index (χ0n) is 7.81. The van der Waals surface area contributed by atoms with Crippen LogP contribution in [0.3, 0.4) is 0 Å². The van der Waals surface area contributed by atoms with Gasteiger partial charge in [0.05, 0.1) is 13.0 Å². The fourth-order valence-corrected chi connectivity index (χ4v) is 0.828. The van der Waals surface area contributed by atoms with Gasteiger partial charge in [0, 0.05) is 6.07 Å². The van der Waals surface area contributed by atoms with Gasteiger partial charge in [-0.3, -0.25) is 0 Å². The van der Waals surface area contributed by atoms with E-state index in [1.807, 2.05) is 0 Å². The molecule has 1 aromatic heterocycles. The first kappa shape index (κ1) is 12.5. The standard InChI is InChI=1S/C8H7F5N2O/c9-4-3-5(10)7(15-6(4)14)16-2-1-8(11,12)13/h3H,1-2H2,(H2,14,15). The van der Waals surface area contributed by atoms with E-state index in [1.54, 1.807) is 0 Å². The summed E-state index contributed by atoms with van der Waals surface area (Å²) in [7, 11) is 0. The maximum atomic E-state index is 12.9. The Morgan fingerprint density at radius 2 is 1.88 bits per heavy atom. The van der Waals surface area contributed by atoms with Gasteiger partial charge in [-0.15, -0.1) is 0 Å². The number of nitrogens with zero attached hydrogens (tertiary/aromatic N) is 1. The Labute approximate surface area is 87.0 Å². The molecule has 0 atom stereocenters. The number of anilines is 1. The van der Waals surface area contributed by atoms with Crippen LogP contribution < -0.4 is 10.5 Å². The number of alkyl halides is 3. The molecule has 8 heteroatoms. The third kappa shape index (κ3) is 3.52. The van der Waals surface area contributed by atoms with E-state index in [4.69, 9.17) is 5.73 Å². The molecular formula is C8H7F5N2O. The molecule has 0 amide bonds. The Kier molecular flexibility index (Phi) is 3.51. The number of nitrogens with two attached hydrogens (primary N) is 1. The van der Waals surface area contributed by atoms with Crippen LogP contribution in [0.25, 0.3) is 0 Å². The third-order valence-corrected chi connectivity index (χ3v) is 1.55. The highest BCUT2D eigenvalue weighted by Crippen LogP contribution is 2.22. The summed E-state index contributed by atoms with van der Waals surface area (Å²) in [6.07, 6.45) is -5.67.